The first-order valence-corrected chi connectivity index (χ1v) is 9.30. The standard InChI is InChI=1S/C23H29NO2/c1-16(2)8-5-9-17(3)10-6-11-18(4)14-15-19-12-7-13-20-21(19)23(26)24-22(20)25/h7-8,10,12-14H,5-6,9,11,15H2,1-4H3,(H,24,25,26). The quantitative estimate of drug-likeness (QED) is 0.494. The lowest BCUT2D eigenvalue weighted by molar-refractivity contribution is 0.0879. The van der Waals surface area contributed by atoms with Crippen LogP contribution in [-0.2, 0) is 6.42 Å². The van der Waals surface area contributed by atoms with Crippen molar-refractivity contribution in [3.05, 3.63) is 69.8 Å². The number of carbonyl (C=O) groups excluding carboxylic acids is 2. The third kappa shape index (κ3) is 5.55. The largest absolute Gasteiger partial charge is 0.288 e. The molecule has 1 N–H and O–H groups in total. The molecule has 0 saturated carbocycles. The molecule has 3 nitrogen and oxygen atoms in total. The summed E-state index contributed by atoms with van der Waals surface area (Å²) < 4.78 is 0. The van der Waals surface area contributed by atoms with E-state index in [4.69, 9.17) is 0 Å². The van der Waals surface area contributed by atoms with Gasteiger partial charge in [0.05, 0.1) is 11.1 Å². The highest BCUT2D eigenvalue weighted by molar-refractivity contribution is 6.22. The van der Waals surface area contributed by atoms with Crippen LogP contribution in [0.4, 0.5) is 0 Å². The van der Waals surface area contributed by atoms with E-state index in [-0.39, 0.29) is 11.8 Å². The Morgan fingerprint density at radius 1 is 0.885 bits per heavy atom. The van der Waals surface area contributed by atoms with Gasteiger partial charge in [0.1, 0.15) is 0 Å². The van der Waals surface area contributed by atoms with E-state index >= 15 is 0 Å². The third-order valence-electron chi connectivity index (χ3n) is 4.64. The second kappa shape index (κ2) is 9.33. The van der Waals surface area contributed by atoms with E-state index in [9.17, 15) is 9.59 Å². The first-order chi connectivity index (χ1) is 12.4. The third-order valence-corrected chi connectivity index (χ3v) is 4.64. The van der Waals surface area contributed by atoms with Gasteiger partial charge in [-0.1, -0.05) is 47.1 Å². The summed E-state index contributed by atoms with van der Waals surface area (Å²) in [6, 6.07) is 5.47. The average Bonchev–Trinajstić information content (AvgIpc) is 2.87. The van der Waals surface area contributed by atoms with Gasteiger partial charge in [0, 0.05) is 0 Å². The summed E-state index contributed by atoms with van der Waals surface area (Å²) in [5.41, 5.74) is 6.06. The van der Waals surface area contributed by atoms with Gasteiger partial charge in [0.15, 0.2) is 0 Å². The van der Waals surface area contributed by atoms with Gasteiger partial charge in [-0.2, -0.15) is 0 Å². The van der Waals surface area contributed by atoms with Crippen molar-refractivity contribution in [1.29, 1.82) is 0 Å². The fourth-order valence-corrected chi connectivity index (χ4v) is 3.08. The van der Waals surface area contributed by atoms with Crippen molar-refractivity contribution < 1.29 is 9.59 Å². The van der Waals surface area contributed by atoms with Gasteiger partial charge < -0.3 is 0 Å². The maximum Gasteiger partial charge on any atom is 0.259 e. The molecule has 26 heavy (non-hydrogen) atoms. The van der Waals surface area contributed by atoms with Crippen LogP contribution in [0.5, 0.6) is 0 Å². The van der Waals surface area contributed by atoms with Crippen LogP contribution in [0, 0.1) is 0 Å². The van der Waals surface area contributed by atoms with E-state index < -0.39 is 0 Å². The number of benzene rings is 1. The highest BCUT2D eigenvalue weighted by Crippen LogP contribution is 2.21. The molecule has 1 aliphatic rings. The van der Waals surface area contributed by atoms with Crippen molar-refractivity contribution in [3.63, 3.8) is 0 Å². The van der Waals surface area contributed by atoms with E-state index in [1.807, 2.05) is 12.1 Å². The van der Waals surface area contributed by atoms with Crippen LogP contribution >= 0.6 is 0 Å². The van der Waals surface area contributed by atoms with Crippen molar-refractivity contribution in [2.75, 3.05) is 0 Å². The Morgan fingerprint density at radius 2 is 1.54 bits per heavy atom. The number of fused-ring (bicyclic) bond motifs is 1. The fraction of sp³-hybridized carbons (Fsp3) is 0.391. The Labute approximate surface area is 156 Å². The van der Waals surface area contributed by atoms with Crippen molar-refractivity contribution in [2.24, 2.45) is 0 Å². The number of allylic oxidation sites excluding steroid dienone is 6. The molecule has 0 spiro atoms. The topological polar surface area (TPSA) is 46.2 Å². The van der Waals surface area contributed by atoms with E-state index in [1.54, 1.807) is 6.07 Å². The number of nitrogens with one attached hydrogen (secondary N) is 1. The van der Waals surface area contributed by atoms with Crippen LogP contribution in [0.1, 0.15) is 79.7 Å². The minimum atomic E-state index is -0.290. The zero-order valence-corrected chi connectivity index (χ0v) is 16.3. The zero-order valence-electron chi connectivity index (χ0n) is 16.3. The van der Waals surface area contributed by atoms with E-state index in [0.29, 0.717) is 17.5 Å². The molecule has 0 radical (unpaired) electrons. The molecule has 0 aromatic heterocycles. The number of hydrogen-bond donors (Lipinski definition) is 1. The predicted octanol–water partition coefficient (Wildman–Crippen LogP) is 5.53. The Bertz CT molecular complexity index is 777. The molecular weight excluding hydrogens is 322 g/mol. The van der Waals surface area contributed by atoms with Crippen molar-refractivity contribution >= 4 is 11.8 Å². The number of imide groups is 1. The molecule has 2 amide bonds. The second-order valence-corrected chi connectivity index (χ2v) is 7.29. The van der Waals surface area contributed by atoms with Crippen molar-refractivity contribution in [2.45, 2.75) is 59.8 Å². The molecule has 138 valence electrons. The number of amides is 2. The van der Waals surface area contributed by atoms with Gasteiger partial charge in [-0.15, -0.1) is 0 Å². The molecule has 1 aromatic rings. The Balaban J connectivity index is 1.89. The maximum absolute atomic E-state index is 12.0. The number of carbonyl (C=O) groups is 2. The molecular formula is C23H29NO2. The number of rotatable bonds is 8. The van der Waals surface area contributed by atoms with Gasteiger partial charge in [-0.3, -0.25) is 14.9 Å². The SMILES string of the molecule is CC(C)=CCCC(C)=CCCC(C)=CCc1cccc2c1C(=O)NC2=O. The molecule has 1 heterocycles. The van der Waals surface area contributed by atoms with Gasteiger partial charge in [-0.25, -0.2) is 0 Å². The molecule has 1 aromatic carbocycles. The molecule has 1 aliphatic heterocycles. The zero-order chi connectivity index (χ0) is 19.1. The Morgan fingerprint density at radius 3 is 2.23 bits per heavy atom. The van der Waals surface area contributed by atoms with Crippen LogP contribution in [-0.4, -0.2) is 11.8 Å². The monoisotopic (exact) mass is 351 g/mol. The molecule has 3 heteroatoms. The fourth-order valence-electron chi connectivity index (χ4n) is 3.08. The van der Waals surface area contributed by atoms with Gasteiger partial charge >= 0.3 is 0 Å². The van der Waals surface area contributed by atoms with Crippen LogP contribution in [0.3, 0.4) is 0 Å². The minimum absolute atomic E-state index is 0.276. The first-order valence-electron chi connectivity index (χ1n) is 9.30. The minimum Gasteiger partial charge on any atom is -0.288 e. The summed E-state index contributed by atoms with van der Waals surface area (Å²) in [5, 5.41) is 2.37. The lowest BCUT2D eigenvalue weighted by Crippen LogP contribution is -2.20. The molecule has 0 aliphatic carbocycles. The van der Waals surface area contributed by atoms with E-state index in [0.717, 1.165) is 31.2 Å². The van der Waals surface area contributed by atoms with Crippen molar-refractivity contribution in [1.82, 2.24) is 5.32 Å². The molecule has 0 bridgehead atoms. The average molecular weight is 351 g/mol. The lowest BCUT2D eigenvalue weighted by atomic mass is 9.98. The first kappa shape index (κ1) is 19.9. The smallest absolute Gasteiger partial charge is 0.259 e. The highest BCUT2D eigenvalue weighted by atomic mass is 16.2. The van der Waals surface area contributed by atoms with Crippen LogP contribution in [0.25, 0.3) is 0 Å². The summed E-state index contributed by atoms with van der Waals surface area (Å²) in [5.74, 6) is -0.567. The molecule has 0 fully saturated rings. The summed E-state index contributed by atoms with van der Waals surface area (Å²) in [4.78, 5) is 23.7. The van der Waals surface area contributed by atoms with E-state index in [2.05, 4.69) is 51.2 Å². The second-order valence-electron chi connectivity index (χ2n) is 7.29. The van der Waals surface area contributed by atoms with E-state index in [1.165, 1.54) is 16.7 Å². The van der Waals surface area contributed by atoms with Gasteiger partial charge in [-0.05, 0) is 71.4 Å². The van der Waals surface area contributed by atoms with Gasteiger partial charge in [0.25, 0.3) is 11.8 Å². The van der Waals surface area contributed by atoms with Crippen molar-refractivity contribution in [3.8, 4) is 0 Å². The summed E-state index contributed by atoms with van der Waals surface area (Å²) in [6.45, 7) is 8.59. The number of hydrogen-bond acceptors (Lipinski definition) is 2. The molecule has 0 unspecified atom stereocenters. The highest BCUT2D eigenvalue weighted by Gasteiger charge is 2.28. The van der Waals surface area contributed by atoms with Crippen LogP contribution in [0.2, 0.25) is 0 Å². The normalized spacial score (nSPS) is 14.3. The predicted molar refractivity (Wildman–Crippen MR) is 107 cm³/mol. The summed E-state index contributed by atoms with van der Waals surface area (Å²) in [6.07, 6.45) is 11.7. The molecule has 0 atom stereocenters. The maximum atomic E-state index is 12.0. The molecule has 2 rings (SSSR count). The van der Waals surface area contributed by atoms with Crippen LogP contribution < -0.4 is 5.32 Å². The molecule has 0 saturated heterocycles. The van der Waals surface area contributed by atoms with Gasteiger partial charge in [0.2, 0.25) is 0 Å². The Hall–Kier alpha value is -2.42. The summed E-state index contributed by atoms with van der Waals surface area (Å²) >= 11 is 0. The summed E-state index contributed by atoms with van der Waals surface area (Å²) in [7, 11) is 0. The van der Waals surface area contributed by atoms with Crippen LogP contribution in [0.15, 0.2) is 53.1 Å². The lowest BCUT2D eigenvalue weighted by Gasteiger charge is -2.05. The Kier molecular flexibility index (Phi) is 7.14.